The molecule has 2 N–H and O–H groups in total. The number of ether oxygens (including phenoxy) is 1. The van der Waals surface area contributed by atoms with Crippen LogP contribution in [-0.2, 0) is 16.9 Å². The average molecular weight is 432 g/mol. The molecule has 2 bridgehead atoms. The quantitative estimate of drug-likeness (QED) is 0.657. The number of nitrogens with zero attached hydrogens (tertiary/aromatic N) is 7. The van der Waals surface area contributed by atoms with Crippen molar-refractivity contribution in [1.82, 2.24) is 29.5 Å². The molecule has 0 spiro atoms. The van der Waals surface area contributed by atoms with Crippen LogP contribution in [0.5, 0.6) is 0 Å². The molecular formula is C19H19F3N8O. The molecular weight excluding hydrogens is 413 g/mol. The van der Waals surface area contributed by atoms with Gasteiger partial charge in [-0.1, -0.05) is 0 Å². The molecule has 162 valence electrons. The van der Waals surface area contributed by atoms with Crippen LogP contribution in [0.15, 0.2) is 12.4 Å². The van der Waals surface area contributed by atoms with Gasteiger partial charge in [0.25, 0.3) is 0 Å². The van der Waals surface area contributed by atoms with E-state index in [1.54, 1.807) is 0 Å². The van der Waals surface area contributed by atoms with Crippen molar-refractivity contribution < 1.29 is 17.9 Å². The Morgan fingerprint density at radius 2 is 1.90 bits per heavy atom. The zero-order valence-electron chi connectivity index (χ0n) is 16.6. The first kappa shape index (κ1) is 18.7. The molecule has 6 heterocycles. The molecule has 3 aliphatic heterocycles. The molecule has 0 aromatic carbocycles. The van der Waals surface area contributed by atoms with Crippen molar-refractivity contribution in [1.29, 1.82) is 0 Å². The van der Waals surface area contributed by atoms with E-state index in [2.05, 4.69) is 24.8 Å². The Kier molecular flexibility index (Phi) is 3.64. The van der Waals surface area contributed by atoms with Gasteiger partial charge in [0.15, 0.2) is 28.6 Å². The third kappa shape index (κ3) is 2.57. The van der Waals surface area contributed by atoms with Crippen LogP contribution in [0.4, 0.5) is 24.9 Å². The van der Waals surface area contributed by atoms with Crippen LogP contribution in [0.2, 0.25) is 0 Å². The van der Waals surface area contributed by atoms with Gasteiger partial charge in [-0.25, -0.2) is 24.9 Å². The number of hydrogen-bond donors (Lipinski definition) is 1. The van der Waals surface area contributed by atoms with Gasteiger partial charge in [-0.05, 0) is 25.7 Å². The van der Waals surface area contributed by atoms with Crippen LogP contribution >= 0.6 is 0 Å². The Hall–Kier alpha value is -3.02. The van der Waals surface area contributed by atoms with Crippen molar-refractivity contribution in [2.45, 2.75) is 44.1 Å². The fourth-order valence-electron chi connectivity index (χ4n) is 4.75. The van der Waals surface area contributed by atoms with E-state index >= 15 is 0 Å². The first-order valence-corrected chi connectivity index (χ1v) is 10.1. The molecule has 1 atom stereocenters. The van der Waals surface area contributed by atoms with Crippen LogP contribution in [-0.4, -0.2) is 54.9 Å². The Bertz CT molecular complexity index is 1190. The number of rotatable bonds is 2. The number of nitrogen functional groups attached to an aromatic ring is 1. The number of hydrogen-bond acceptors (Lipinski definition) is 8. The van der Waals surface area contributed by atoms with Crippen molar-refractivity contribution in [3.63, 3.8) is 0 Å². The second-order valence-corrected chi connectivity index (χ2v) is 8.48. The molecule has 4 aliphatic rings. The third-order valence-electron chi connectivity index (χ3n) is 6.56. The zero-order valence-corrected chi connectivity index (χ0v) is 16.6. The van der Waals surface area contributed by atoms with Crippen molar-refractivity contribution in [2.24, 2.45) is 5.92 Å². The summed E-state index contributed by atoms with van der Waals surface area (Å²) in [5.74, 6) is 1.38. The second-order valence-electron chi connectivity index (χ2n) is 8.48. The van der Waals surface area contributed by atoms with Crippen LogP contribution < -0.4 is 10.6 Å². The molecule has 31 heavy (non-hydrogen) atoms. The first-order chi connectivity index (χ1) is 14.7. The van der Waals surface area contributed by atoms with Crippen molar-refractivity contribution in [3.8, 4) is 11.4 Å². The monoisotopic (exact) mass is 432 g/mol. The minimum atomic E-state index is -4.62. The molecule has 9 nitrogen and oxygen atoms in total. The minimum absolute atomic E-state index is 0.0947. The minimum Gasteiger partial charge on any atom is -0.368 e. The number of imidazole rings is 1. The highest BCUT2D eigenvalue weighted by atomic mass is 19.4. The molecule has 1 aliphatic carbocycles. The predicted molar refractivity (Wildman–Crippen MR) is 104 cm³/mol. The number of aromatic nitrogens is 6. The van der Waals surface area contributed by atoms with E-state index in [4.69, 9.17) is 15.5 Å². The molecule has 3 aromatic rings. The SMILES string of the molecule is CC1(C(F)(F)F)OCCn2c1nc1c(N3CC4CC3C4)nc(-c3cnc(N)nc3)nc12. The van der Waals surface area contributed by atoms with Crippen LogP contribution in [0.25, 0.3) is 22.6 Å². The zero-order chi connectivity index (χ0) is 21.5. The fraction of sp³-hybridized carbons (Fsp3) is 0.526. The normalized spacial score (nSPS) is 27.4. The summed E-state index contributed by atoms with van der Waals surface area (Å²) in [7, 11) is 0. The molecule has 12 heteroatoms. The van der Waals surface area contributed by atoms with Crippen molar-refractivity contribution >= 4 is 22.9 Å². The summed E-state index contributed by atoms with van der Waals surface area (Å²) in [5.41, 5.74) is 4.33. The molecule has 2 saturated heterocycles. The topological polar surface area (TPSA) is 108 Å². The predicted octanol–water partition coefficient (Wildman–Crippen LogP) is 2.27. The standard InChI is InChI=1S/C19H19F3N8O/c1-18(19(20,21)22)16-26-12-14(29(16)2-3-31-18)27-13(10-6-24-17(23)25-7-10)28-15(12)30-8-9-4-11(30)5-9/h6-7,9,11H,2-5,8H2,1H3,(H2,23,24,25). The largest absolute Gasteiger partial charge is 0.424 e. The Labute approximate surface area is 174 Å². The molecule has 1 unspecified atom stereocenters. The summed E-state index contributed by atoms with van der Waals surface area (Å²) in [6.45, 7) is 1.95. The summed E-state index contributed by atoms with van der Waals surface area (Å²) >= 11 is 0. The number of fused-ring (bicyclic) bond motifs is 4. The lowest BCUT2D eigenvalue weighted by atomic mass is 9.86. The highest BCUT2D eigenvalue weighted by Crippen LogP contribution is 2.47. The van der Waals surface area contributed by atoms with Gasteiger partial charge >= 0.3 is 6.18 Å². The molecule has 3 fully saturated rings. The fourth-order valence-corrected chi connectivity index (χ4v) is 4.75. The first-order valence-electron chi connectivity index (χ1n) is 10.1. The van der Waals surface area contributed by atoms with Gasteiger partial charge < -0.3 is 19.9 Å². The highest BCUT2D eigenvalue weighted by molar-refractivity contribution is 5.87. The smallest absolute Gasteiger partial charge is 0.368 e. The van der Waals surface area contributed by atoms with Gasteiger partial charge in [0.05, 0.1) is 12.2 Å². The van der Waals surface area contributed by atoms with E-state index in [1.807, 2.05) is 0 Å². The maximum absolute atomic E-state index is 13.9. The lowest BCUT2D eigenvalue weighted by Gasteiger charge is -2.35. The molecule has 3 aromatic heterocycles. The molecule has 0 amide bonds. The lowest BCUT2D eigenvalue weighted by Crippen LogP contribution is -2.47. The number of anilines is 2. The maximum atomic E-state index is 13.9. The second kappa shape index (κ2) is 6.02. The third-order valence-corrected chi connectivity index (χ3v) is 6.56. The van der Waals surface area contributed by atoms with Gasteiger partial charge in [0, 0.05) is 31.5 Å². The Balaban J connectivity index is 1.61. The summed E-state index contributed by atoms with van der Waals surface area (Å²) < 4.78 is 48.5. The van der Waals surface area contributed by atoms with Crippen molar-refractivity contribution in [3.05, 3.63) is 18.2 Å². The number of nitrogens with two attached hydrogens (primary N) is 1. The van der Waals surface area contributed by atoms with E-state index in [1.165, 1.54) is 17.0 Å². The Morgan fingerprint density at radius 3 is 2.55 bits per heavy atom. The summed E-state index contributed by atoms with van der Waals surface area (Å²) in [4.78, 5) is 23.9. The van der Waals surface area contributed by atoms with Crippen LogP contribution in [0.1, 0.15) is 25.6 Å². The van der Waals surface area contributed by atoms with Crippen molar-refractivity contribution in [2.75, 3.05) is 23.8 Å². The van der Waals surface area contributed by atoms with Crippen LogP contribution in [0.3, 0.4) is 0 Å². The van der Waals surface area contributed by atoms with Gasteiger partial charge in [-0.3, -0.25) is 0 Å². The average Bonchev–Trinajstić information content (AvgIpc) is 3.40. The van der Waals surface area contributed by atoms with Gasteiger partial charge in [-0.2, -0.15) is 13.2 Å². The number of halogens is 3. The van der Waals surface area contributed by atoms with E-state index in [9.17, 15) is 13.2 Å². The van der Waals surface area contributed by atoms with Gasteiger partial charge in [0.1, 0.15) is 0 Å². The van der Waals surface area contributed by atoms with Gasteiger partial charge in [0.2, 0.25) is 11.5 Å². The summed E-state index contributed by atoms with van der Waals surface area (Å²) in [6.07, 6.45) is 0.510. The van der Waals surface area contributed by atoms with E-state index in [-0.39, 0.29) is 24.9 Å². The summed E-state index contributed by atoms with van der Waals surface area (Å²) in [5, 5.41) is 0. The summed E-state index contributed by atoms with van der Waals surface area (Å²) in [6, 6.07) is 0.322. The Morgan fingerprint density at radius 1 is 1.16 bits per heavy atom. The van der Waals surface area contributed by atoms with E-state index in [0.717, 1.165) is 26.3 Å². The van der Waals surface area contributed by atoms with Crippen LogP contribution in [0, 0.1) is 5.92 Å². The highest BCUT2D eigenvalue weighted by Gasteiger charge is 2.58. The van der Waals surface area contributed by atoms with Gasteiger partial charge in [-0.15, -0.1) is 0 Å². The molecule has 0 radical (unpaired) electrons. The molecule has 7 rings (SSSR count). The maximum Gasteiger partial charge on any atom is 0.424 e. The van der Waals surface area contributed by atoms with E-state index < -0.39 is 11.8 Å². The molecule has 1 saturated carbocycles. The number of alkyl halides is 3. The lowest BCUT2D eigenvalue weighted by molar-refractivity contribution is -0.288. The van der Waals surface area contributed by atoms with E-state index in [0.29, 0.717) is 40.3 Å².